The maximum Gasteiger partial charge on any atom is 0.416 e. The van der Waals surface area contributed by atoms with E-state index in [1.807, 2.05) is 6.92 Å². The van der Waals surface area contributed by atoms with Gasteiger partial charge in [-0.3, -0.25) is 0 Å². The number of fused-ring (bicyclic) bond motifs is 1. The van der Waals surface area contributed by atoms with Crippen LogP contribution in [0.25, 0.3) is 5.52 Å². The highest BCUT2D eigenvalue weighted by atomic mass is 32.2. The summed E-state index contributed by atoms with van der Waals surface area (Å²) in [6, 6.07) is 8.45. The number of pyridine rings is 1. The van der Waals surface area contributed by atoms with Crippen molar-refractivity contribution in [2.45, 2.75) is 27.8 Å². The van der Waals surface area contributed by atoms with Gasteiger partial charge in [0.05, 0.1) is 16.0 Å². The van der Waals surface area contributed by atoms with Crippen LogP contribution in [-0.4, -0.2) is 19.1 Å². The molecule has 3 aromatic rings. The molecule has 2 aromatic heterocycles. The summed E-state index contributed by atoms with van der Waals surface area (Å²) in [6.07, 6.45) is -0.122. The fourth-order valence-corrected chi connectivity index (χ4v) is 4.08. The summed E-state index contributed by atoms with van der Waals surface area (Å²) in [7, 11) is -3.28. The minimum atomic E-state index is -4.40. The highest BCUT2D eigenvalue weighted by Gasteiger charge is 2.31. The van der Waals surface area contributed by atoms with Gasteiger partial charge in [0.1, 0.15) is 0 Å². The van der Waals surface area contributed by atoms with Crippen molar-refractivity contribution < 1.29 is 21.6 Å². The van der Waals surface area contributed by atoms with Crippen LogP contribution in [0.4, 0.5) is 13.2 Å². The van der Waals surface area contributed by atoms with Crippen LogP contribution in [0.2, 0.25) is 0 Å². The van der Waals surface area contributed by atoms with E-state index in [1.165, 1.54) is 30.1 Å². The fraction of sp³-hybridized carbons (Fsp3) is 0.176. The van der Waals surface area contributed by atoms with Crippen molar-refractivity contribution in [1.29, 1.82) is 0 Å². The molecule has 0 spiro atoms. The number of hydrogen-bond acceptors (Lipinski definition) is 3. The lowest BCUT2D eigenvalue weighted by Gasteiger charge is -2.08. The molecule has 25 heavy (non-hydrogen) atoms. The van der Waals surface area contributed by atoms with E-state index in [1.54, 1.807) is 22.7 Å². The molecule has 0 aliphatic carbocycles. The number of halogens is 3. The highest BCUT2D eigenvalue weighted by Crippen LogP contribution is 2.37. The first kappa shape index (κ1) is 17.9. The van der Waals surface area contributed by atoms with Gasteiger partial charge < -0.3 is 4.40 Å². The smallest absolute Gasteiger partial charge is 0.322 e. The van der Waals surface area contributed by atoms with Crippen molar-refractivity contribution in [3.05, 3.63) is 59.9 Å². The lowest BCUT2D eigenvalue weighted by molar-refractivity contribution is -0.137. The van der Waals surface area contributed by atoms with Gasteiger partial charge >= 0.3 is 6.18 Å². The van der Waals surface area contributed by atoms with Crippen molar-refractivity contribution in [2.75, 3.05) is 6.26 Å². The standard InChI is InChI=1S/C17H14F3NO2S2/c1-11-10-21-8-7-12(17(18,19)20)9-15(21)16(11)24-13-3-5-14(6-4-13)25(2,22)23/h3-10H,1-2H3. The van der Waals surface area contributed by atoms with Gasteiger partial charge in [0.15, 0.2) is 9.84 Å². The molecule has 0 atom stereocenters. The van der Waals surface area contributed by atoms with E-state index in [0.29, 0.717) is 10.4 Å². The Morgan fingerprint density at radius 3 is 2.28 bits per heavy atom. The van der Waals surface area contributed by atoms with Gasteiger partial charge in [-0.15, -0.1) is 0 Å². The molecule has 0 saturated carbocycles. The van der Waals surface area contributed by atoms with E-state index in [0.717, 1.165) is 28.8 Å². The second-order valence-corrected chi connectivity index (χ2v) is 8.79. The van der Waals surface area contributed by atoms with Gasteiger partial charge in [-0.2, -0.15) is 13.2 Å². The second-order valence-electron chi connectivity index (χ2n) is 5.69. The van der Waals surface area contributed by atoms with E-state index >= 15 is 0 Å². The summed E-state index contributed by atoms with van der Waals surface area (Å²) in [5.74, 6) is 0. The van der Waals surface area contributed by atoms with Gasteiger partial charge in [0, 0.05) is 28.4 Å². The molecule has 0 bridgehead atoms. The molecule has 132 valence electrons. The highest BCUT2D eigenvalue weighted by molar-refractivity contribution is 7.99. The monoisotopic (exact) mass is 385 g/mol. The molecule has 1 aromatic carbocycles. The number of benzene rings is 1. The number of nitrogens with zero attached hydrogens (tertiary/aromatic N) is 1. The van der Waals surface area contributed by atoms with E-state index < -0.39 is 21.6 Å². The van der Waals surface area contributed by atoms with Gasteiger partial charge in [-0.05, 0) is 48.9 Å². The maximum absolute atomic E-state index is 13.0. The van der Waals surface area contributed by atoms with Crippen LogP contribution in [-0.2, 0) is 16.0 Å². The molecular weight excluding hydrogens is 371 g/mol. The minimum absolute atomic E-state index is 0.203. The molecular formula is C17H14F3NO2S2. The largest absolute Gasteiger partial charge is 0.416 e. The third-order valence-electron chi connectivity index (χ3n) is 3.71. The summed E-state index contributed by atoms with van der Waals surface area (Å²) < 4.78 is 63.6. The molecule has 2 heterocycles. The van der Waals surface area contributed by atoms with Gasteiger partial charge in [0.25, 0.3) is 0 Å². The Balaban J connectivity index is 2.02. The van der Waals surface area contributed by atoms with E-state index in [9.17, 15) is 21.6 Å². The molecule has 0 saturated heterocycles. The number of alkyl halides is 3. The van der Waals surface area contributed by atoms with Crippen molar-refractivity contribution >= 4 is 27.1 Å². The van der Waals surface area contributed by atoms with Crippen LogP contribution >= 0.6 is 11.8 Å². The lowest BCUT2D eigenvalue weighted by atomic mass is 10.2. The molecule has 0 radical (unpaired) electrons. The van der Waals surface area contributed by atoms with Crippen molar-refractivity contribution in [3.8, 4) is 0 Å². The number of rotatable bonds is 3. The molecule has 0 unspecified atom stereocenters. The average Bonchev–Trinajstić information content (AvgIpc) is 2.81. The van der Waals surface area contributed by atoms with Crippen LogP contribution in [0.15, 0.2) is 63.5 Å². The third kappa shape index (κ3) is 3.69. The Bertz CT molecular complexity index is 1040. The van der Waals surface area contributed by atoms with E-state index in [-0.39, 0.29) is 4.90 Å². The van der Waals surface area contributed by atoms with Crippen LogP contribution in [0.3, 0.4) is 0 Å². The zero-order chi connectivity index (χ0) is 18.4. The molecule has 0 aliphatic heterocycles. The first-order valence-electron chi connectivity index (χ1n) is 7.22. The Labute approximate surface area is 147 Å². The summed E-state index contributed by atoms with van der Waals surface area (Å²) in [5, 5.41) is 0. The van der Waals surface area contributed by atoms with Crippen LogP contribution in [0.5, 0.6) is 0 Å². The molecule has 3 rings (SSSR count). The SMILES string of the molecule is Cc1cn2ccc(C(F)(F)F)cc2c1Sc1ccc(S(C)(=O)=O)cc1. The molecule has 3 nitrogen and oxygen atoms in total. The summed E-state index contributed by atoms with van der Waals surface area (Å²) in [6.45, 7) is 1.83. The zero-order valence-electron chi connectivity index (χ0n) is 13.3. The number of aryl methyl sites for hydroxylation is 1. The van der Waals surface area contributed by atoms with Crippen LogP contribution in [0, 0.1) is 6.92 Å². The number of hydrogen-bond donors (Lipinski definition) is 0. The first-order chi connectivity index (χ1) is 11.6. The summed E-state index contributed by atoms with van der Waals surface area (Å²) in [4.78, 5) is 1.66. The first-order valence-corrected chi connectivity index (χ1v) is 9.93. The second kappa shape index (κ2) is 6.10. The maximum atomic E-state index is 13.0. The Morgan fingerprint density at radius 1 is 1.08 bits per heavy atom. The molecule has 8 heteroatoms. The van der Waals surface area contributed by atoms with E-state index in [2.05, 4.69) is 0 Å². The molecule has 0 aliphatic rings. The van der Waals surface area contributed by atoms with Gasteiger partial charge in [-0.25, -0.2) is 8.42 Å². The van der Waals surface area contributed by atoms with Crippen molar-refractivity contribution in [1.82, 2.24) is 4.40 Å². The van der Waals surface area contributed by atoms with Crippen molar-refractivity contribution in [2.24, 2.45) is 0 Å². The van der Waals surface area contributed by atoms with Crippen LogP contribution < -0.4 is 0 Å². The minimum Gasteiger partial charge on any atom is -0.322 e. The normalized spacial score (nSPS) is 12.7. The topological polar surface area (TPSA) is 38.5 Å². The van der Waals surface area contributed by atoms with Gasteiger partial charge in [-0.1, -0.05) is 11.8 Å². The Morgan fingerprint density at radius 2 is 1.72 bits per heavy atom. The Hall–Kier alpha value is -1.93. The van der Waals surface area contributed by atoms with Gasteiger partial charge in [0.2, 0.25) is 0 Å². The van der Waals surface area contributed by atoms with Crippen LogP contribution in [0.1, 0.15) is 11.1 Å². The summed E-state index contributed by atoms with van der Waals surface area (Å²) >= 11 is 1.31. The molecule has 0 amide bonds. The predicted molar refractivity (Wildman–Crippen MR) is 90.8 cm³/mol. The quantitative estimate of drug-likeness (QED) is 0.649. The Kier molecular flexibility index (Phi) is 4.36. The summed E-state index contributed by atoms with van der Waals surface area (Å²) in [5.41, 5.74) is 0.605. The number of aromatic nitrogens is 1. The van der Waals surface area contributed by atoms with Crippen molar-refractivity contribution in [3.63, 3.8) is 0 Å². The third-order valence-corrected chi connectivity index (χ3v) is 6.08. The lowest BCUT2D eigenvalue weighted by Crippen LogP contribution is -2.05. The average molecular weight is 385 g/mol. The molecule has 0 fully saturated rings. The fourth-order valence-electron chi connectivity index (χ4n) is 2.46. The molecule has 0 N–H and O–H groups in total. The number of sulfone groups is 1. The van der Waals surface area contributed by atoms with E-state index in [4.69, 9.17) is 0 Å². The predicted octanol–water partition coefficient (Wildman–Crippen LogP) is 4.82. The zero-order valence-corrected chi connectivity index (χ0v) is 15.0.